The Hall–Kier alpha value is -1.87. The quantitative estimate of drug-likeness (QED) is 0.937. The Morgan fingerprint density at radius 2 is 1.81 bits per heavy atom. The number of benzene rings is 1. The zero-order valence-corrected chi connectivity index (χ0v) is 13.3. The molecule has 2 rings (SSSR count). The monoisotopic (exact) mass is 284 g/mol. The SMILES string of the molecule is CCCn1c(C)ccc(C(N)c2cc(C)ccc2C)c1=O. The molecule has 0 aliphatic heterocycles. The number of nitrogens with zero attached hydrogens (tertiary/aromatic N) is 1. The van der Waals surface area contributed by atoms with Crippen LogP contribution in [0.5, 0.6) is 0 Å². The summed E-state index contributed by atoms with van der Waals surface area (Å²) < 4.78 is 1.82. The molecule has 0 saturated heterocycles. The predicted octanol–water partition coefficient (Wildman–Crippen LogP) is 3.23. The Labute approximate surface area is 126 Å². The molecule has 0 radical (unpaired) electrons. The topological polar surface area (TPSA) is 48.0 Å². The molecule has 1 aromatic carbocycles. The maximum atomic E-state index is 12.7. The molecular formula is C18H24N2O. The van der Waals surface area contributed by atoms with Crippen LogP contribution in [0, 0.1) is 20.8 Å². The van der Waals surface area contributed by atoms with E-state index in [4.69, 9.17) is 5.73 Å². The summed E-state index contributed by atoms with van der Waals surface area (Å²) in [5.74, 6) is 0. The maximum absolute atomic E-state index is 12.7. The van der Waals surface area contributed by atoms with Crippen molar-refractivity contribution in [2.75, 3.05) is 0 Å². The molecule has 112 valence electrons. The van der Waals surface area contributed by atoms with Gasteiger partial charge in [-0.15, -0.1) is 0 Å². The summed E-state index contributed by atoms with van der Waals surface area (Å²) in [4.78, 5) is 12.7. The van der Waals surface area contributed by atoms with Crippen LogP contribution >= 0.6 is 0 Å². The number of hydrogen-bond acceptors (Lipinski definition) is 2. The fraction of sp³-hybridized carbons (Fsp3) is 0.389. The molecule has 0 aliphatic rings. The van der Waals surface area contributed by atoms with Gasteiger partial charge in [-0.2, -0.15) is 0 Å². The number of nitrogens with two attached hydrogens (primary N) is 1. The second kappa shape index (κ2) is 6.27. The Morgan fingerprint density at radius 1 is 1.10 bits per heavy atom. The number of aromatic nitrogens is 1. The molecule has 3 nitrogen and oxygen atoms in total. The van der Waals surface area contributed by atoms with E-state index < -0.39 is 0 Å². The molecule has 1 heterocycles. The van der Waals surface area contributed by atoms with Crippen molar-refractivity contribution in [2.24, 2.45) is 5.73 Å². The minimum absolute atomic E-state index is 0.0326. The second-order valence-electron chi connectivity index (χ2n) is 5.72. The summed E-state index contributed by atoms with van der Waals surface area (Å²) in [7, 11) is 0. The van der Waals surface area contributed by atoms with E-state index in [1.165, 1.54) is 0 Å². The van der Waals surface area contributed by atoms with Crippen LogP contribution in [0.3, 0.4) is 0 Å². The van der Waals surface area contributed by atoms with Gasteiger partial charge in [0.15, 0.2) is 0 Å². The van der Waals surface area contributed by atoms with E-state index in [0.29, 0.717) is 5.56 Å². The van der Waals surface area contributed by atoms with E-state index in [-0.39, 0.29) is 11.6 Å². The molecule has 3 heteroatoms. The summed E-state index contributed by atoms with van der Waals surface area (Å²) in [5.41, 5.74) is 11.4. The molecule has 0 fully saturated rings. The third-order valence-electron chi connectivity index (χ3n) is 3.97. The number of pyridine rings is 1. The minimum atomic E-state index is -0.374. The van der Waals surface area contributed by atoms with E-state index in [9.17, 15) is 4.79 Å². The first-order valence-electron chi connectivity index (χ1n) is 7.48. The average molecular weight is 284 g/mol. The van der Waals surface area contributed by atoms with Crippen LogP contribution in [0.15, 0.2) is 35.1 Å². The van der Waals surface area contributed by atoms with Gasteiger partial charge in [0.2, 0.25) is 0 Å². The van der Waals surface area contributed by atoms with Crippen LogP contribution < -0.4 is 11.3 Å². The van der Waals surface area contributed by atoms with Crippen LogP contribution in [-0.2, 0) is 6.54 Å². The molecule has 2 N–H and O–H groups in total. The fourth-order valence-electron chi connectivity index (χ4n) is 2.69. The number of aryl methyl sites for hydroxylation is 3. The molecule has 0 bridgehead atoms. The molecule has 0 spiro atoms. The van der Waals surface area contributed by atoms with Gasteiger partial charge in [-0.05, 0) is 50.5 Å². The summed E-state index contributed by atoms with van der Waals surface area (Å²) in [6.07, 6.45) is 0.933. The lowest BCUT2D eigenvalue weighted by atomic mass is 9.95. The highest BCUT2D eigenvalue weighted by atomic mass is 16.1. The average Bonchev–Trinajstić information content (AvgIpc) is 2.45. The smallest absolute Gasteiger partial charge is 0.255 e. The van der Waals surface area contributed by atoms with Crippen LogP contribution in [0.4, 0.5) is 0 Å². The Morgan fingerprint density at radius 3 is 2.48 bits per heavy atom. The van der Waals surface area contributed by atoms with Crippen molar-refractivity contribution in [3.8, 4) is 0 Å². The molecule has 2 aromatic rings. The summed E-state index contributed by atoms with van der Waals surface area (Å²) in [6, 6.07) is 9.68. The van der Waals surface area contributed by atoms with Crippen molar-refractivity contribution in [1.29, 1.82) is 0 Å². The molecule has 0 aliphatic carbocycles. The third kappa shape index (κ3) is 3.08. The standard InChI is InChI=1S/C18H24N2O/c1-5-10-20-14(4)8-9-15(18(20)21)17(19)16-11-12(2)6-7-13(16)3/h6-9,11,17H,5,10,19H2,1-4H3. The lowest BCUT2D eigenvalue weighted by molar-refractivity contribution is 0.623. The zero-order chi connectivity index (χ0) is 15.6. The van der Waals surface area contributed by atoms with Gasteiger partial charge < -0.3 is 10.3 Å². The van der Waals surface area contributed by atoms with E-state index in [1.807, 2.05) is 37.5 Å². The van der Waals surface area contributed by atoms with E-state index >= 15 is 0 Å². The Balaban J connectivity index is 2.53. The second-order valence-corrected chi connectivity index (χ2v) is 5.72. The highest BCUT2D eigenvalue weighted by Crippen LogP contribution is 2.22. The van der Waals surface area contributed by atoms with Crippen LogP contribution in [0.2, 0.25) is 0 Å². The first-order valence-corrected chi connectivity index (χ1v) is 7.48. The van der Waals surface area contributed by atoms with Crippen molar-refractivity contribution in [2.45, 2.75) is 46.7 Å². The van der Waals surface area contributed by atoms with E-state index in [2.05, 4.69) is 25.1 Å². The van der Waals surface area contributed by atoms with Gasteiger partial charge in [0, 0.05) is 17.8 Å². The van der Waals surface area contributed by atoms with Crippen molar-refractivity contribution < 1.29 is 0 Å². The van der Waals surface area contributed by atoms with Crippen molar-refractivity contribution >= 4 is 0 Å². The van der Waals surface area contributed by atoms with Gasteiger partial charge in [0.25, 0.3) is 5.56 Å². The first-order chi connectivity index (χ1) is 9.95. The Kier molecular flexibility index (Phi) is 4.63. The minimum Gasteiger partial charge on any atom is -0.320 e. The van der Waals surface area contributed by atoms with E-state index in [1.54, 1.807) is 0 Å². The summed E-state index contributed by atoms with van der Waals surface area (Å²) in [6.45, 7) is 8.85. The highest BCUT2D eigenvalue weighted by molar-refractivity contribution is 5.38. The zero-order valence-electron chi connectivity index (χ0n) is 13.3. The van der Waals surface area contributed by atoms with E-state index in [0.717, 1.165) is 35.3 Å². The predicted molar refractivity (Wildman–Crippen MR) is 87.7 cm³/mol. The summed E-state index contributed by atoms with van der Waals surface area (Å²) in [5, 5.41) is 0. The molecule has 1 atom stereocenters. The van der Waals surface area contributed by atoms with Gasteiger partial charge in [-0.25, -0.2) is 0 Å². The lowest BCUT2D eigenvalue weighted by Gasteiger charge is -2.18. The largest absolute Gasteiger partial charge is 0.320 e. The van der Waals surface area contributed by atoms with Crippen molar-refractivity contribution in [3.05, 3.63) is 68.6 Å². The van der Waals surface area contributed by atoms with Crippen LogP contribution in [0.1, 0.15) is 47.3 Å². The van der Waals surface area contributed by atoms with Gasteiger partial charge in [-0.3, -0.25) is 4.79 Å². The van der Waals surface area contributed by atoms with Gasteiger partial charge in [-0.1, -0.05) is 30.7 Å². The van der Waals surface area contributed by atoms with Gasteiger partial charge in [0.05, 0.1) is 6.04 Å². The normalized spacial score (nSPS) is 12.4. The maximum Gasteiger partial charge on any atom is 0.255 e. The fourth-order valence-corrected chi connectivity index (χ4v) is 2.69. The highest BCUT2D eigenvalue weighted by Gasteiger charge is 2.17. The molecule has 1 aromatic heterocycles. The molecule has 1 unspecified atom stereocenters. The van der Waals surface area contributed by atoms with Crippen LogP contribution in [0.25, 0.3) is 0 Å². The number of hydrogen-bond donors (Lipinski definition) is 1. The first kappa shape index (κ1) is 15.5. The molecular weight excluding hydrogens is 260 g/mol. The summed E-state index contributed by atoms with van der Waals surface area (Å²) >= 11 is 0. The molecule has 0 saturated carbocycles. The Bertz CT molecular complexity index is 701. The van der Waals surface area contributed by atoms with Crippen molar-refractivity contribution in [3.63, 3.8) is 0 Å². The third-order valence-corrected chi connectivity index (χ3v) is 3.97. The van der Waals surface area contributed by atoms with Gasteiger partial charge >= 0.3 is 0 Å². The molecule has 21 heavy (non-hydrogen) atoms. The van der Waals surface area contributed by atoms with Crippen LogP contribution in [-0.4, -0.2) is 4.57 Å². The van der Waals surface area contributed by atoms with Crippen molar-refractivity contribution in [1.82, 2.24) is 4.57 Å². The molecule has 0 amide bonds. The van der Waals surface area contributed by atoms with Gasteiger partial charge in [0.1, 0.15) is 0 Å². The lowest BCUT2D eigenvalue weighted by Crippen LogP contribution is -2.30. The number of rotatable bonds is 4.